The van der Waals surface area contributed by atoms with E-state index < -0.39 is 0 Å². The molecule has 1 aromatic carbocycles. The van der Waals surface area contributed by atoms with Crippen molar-refractivity contribution >= 4 is 11.9 Å². The maximum atomic E-state index is 12.0. The van der Waals surface area contributed by atoms with Gasteiger partial charge in [0.05, 0.1) is 12.5 Å². The normalized spacial score (nSPS) is 18.7. The first-order valence-corrected chi connectivity index (χ1v) is 8.31. The maximum Gasteiger partial charge on any atom is 0.310 e. The van der Waals surface area contributed by atoms with E-state index in [0.29, 0.717) is 13.2 Å². The van der Waals surface area contributed by atoms with Gasteiger partial charge in [-0.3, -0.25) is 9.79 Å². The van der Waals surface area contributed by atoms with Crippen LogP contribution in [0.3, 0.4) is 0 Å². The number of nitrogens with zero attached hydrogens (tertiary/aromatic N) is 2. The van der Waals surface area contributed by atoms with Crippen LogP contribution in [0.4, 0.5) is 0 Å². The Kier molecular flexibility index (Phi) is 6.44. The molecule has 0 spiro atoms. The van der Waals surface area contributed by atoms with Crippen molar-refractivity contribution in [3.05, 3.63) is 35.4 Å². The van der Waals surface area contributed by atoms with Gasteiger partial charge in [0.15, 0.2) is 5.96 Å². The summed E-state index contributed by atoms with van der Waals surface area (Å²) in [7, 11) is 1.78. The van der Waals surface area contributed by atoms with Crippen LogP contribution in [-0.2, 0) is 16.1 Å². The van der Waals surface area contributed by atoms with Crippen LogP contribution in [0.1, 0.15) is 30.9 Å². The third-order valence-electron chi connectivity index (χ3n) is 4.09. The number of piperidine rings is 1. The largest absolute Gasteiger partial charge is 0.466 e. The third kappa shape index (κ3) is 4.98. The number of carbonyl (C=O) groups is 1. The molecule has 126 valence electrons. The molecule has 1 atom stereocenters. The van der Waals surface area contributed by atoms with E-state index in [2.05, 4.69) is 46.4 Å². The number of carbonyl (C=O) groups excluding carboxylic acids is 1. The van der Waals surface area contributed by atoms with Crippen molar-refractivity contribution in [1.82, 2.24) is 10.2 Å². The molecular formula is C18H27N3O2. The van der Waals surface area contributed by atoms with Gasteiger partial charge in [-0.05, 0) is 32.3 Å². The number of guanidine groups is 1. The molecule has 1 unspecified atom stereocenters. The molecule has 23 heavy (non-hydrogen) atoms. The van der Waals surface area contributed by atoms with Crippen molar-refractivity contribution in [3.63, 3.8) is 0 Å². The summed E-state index contributed by atoms with van der Waals surface area (Å²) in [6.45, 7) is 6.70. The molecule has 1 fully saturated rings. The lowest BCUT2D eigenvalue weighted by Crippen LogP contribution is -2.48. The Hall–Kier alpha value is -2.04. The summed E-state index contributed by atoms with van der Waals surface area (Å²) >= 11 is 0. The van der Waals surface area contributed by atoms with Crippen molar-refractivity contribution < 1.29 is 9.53 Å². The molecule has 0 amide bonds. The molecule has 0 aliphatic carbocycles. The van der Waals surface area contributed by atoms with Gasteiger partial charge in [-0.2, -0.15) is 0 Å². The van der Waals surface area contributed by atoms with Crippen molar-refractivity contribution in [2.45, 2.75) is 33.2 Å². The summed E-state index contributed by atoms with van der Waals surface area (Å²) in [5, 5.41) is 3.40. The first-order chi connectivity index (χ1) is 11.1. The molecule has 1 heterocycles. The number of aryl methyl sites for hydroxylation is 1. The minimum absolute atomic E-state index is 0.0544. The molecule has 1 saturated heterocycles. The van der Waals surface area contributed by atoms with Crippen LogP contribution in [0, 0.1) is 12.8 Å². The van der Waals surface area contributed by atoms with Crippen molar-refractivity contribution in [2.24, 2.45) is 10.9 Å². The Balaban J connectivity index is 1.93. The zero-order valence-electron chi connectivity index (χ0n) is 14.3. The van der Waals surface area contributed by atoms with Crippen LogP contribution in [0.25, 0.3) is 0 Å². The summed E-state index contributed by atoms with van der Waals surface area (Å²) in [6, 6.07) is 8.42. The van der Waals surface area contributed by atoms with Gasteiger partial charge in [0, 0.05) is 26.7 Å². The van der Waals surface area contributed by atoms with Crippen molar-refractivity contribution in [2.75, 3.05) is 26.7 Å². The number of likely N-dealkylation sites (tertiary alicyclic amines) is 1. The first kappa shape index (κ1) is 17.3. The van der Waals surface area contributed by atoms with Gasteiger partial charge in [-0.25, -0.2) is 0 Å². The Morgan fingerprint density at radius 3 is 3.00 bits per heavy atom. The van der Waals surface area contributed by atoms with E-state index >= 15 is 0 Å². The predicted octanol–water partition coefficient (Wildman–Crippen LogP) is 2.35. The lowest BCUT2D eigenvalue weighted by atomic mass is 9.98. The predicted molar refractivity (Wildman–Crippen MR) is 92.3 cm³/mol. The van der Waals surface area contributed by atoms with E-state index in [1.54, 1.807) is 7.05 Å². The average molecular weight is 317 g/mol. The van der Waals surface area contributed by atoms with Gasteiger partial charge >= 0.3 is 5.97 Å². The second-order valence-corrected chi connectivity index (χ2v) is 5.93. The Morgan fingerprint density at radius 2 is 2.30 bits per heavy atom. The fourth-order valence-electron chi connectivity index (χ4n) is 2.96. The van der Waals surface area contributed by atoms with E-state index in [1.165, 1.54) is 11.1 Å². The van der Waals surface area contributed by atoms with Gasteiger partial charge in [-0.1, -0.05) is 29.8 Å². The lowest BCUT2D eigenvalue weighted by molar-refractivity contribution is -0.149. The zero-order chi connectivity index (χ0) is 16.7. The quantitative estimate of drug-likeness (QED) is 0.526. The number of benzene rings is 1. The highest BCUT2D eigenvalue weighted by Crippen LogP contribution is 2.18. The minimum Gasteiger partial charge on any atom is -0.466 e. The third-order valence-corrected chi connectivity index (χ3v) is 4.09. The Bertz CT molecular complexity index is 557. The van der Waals surface area contributed by atoms with Crippen LogP contribution in [-0.4, -0.2) is 43.6 Å². The van der Waals surface area contributed by atoms with E-state index in [9.17, 15) is 4.79 Å². The van der Waals surface area contributed by atoms with Gasteiger partial charge in [0.2, 0.25) is 0 Å². The van der Waals surface area contributed by atoms with E-state index in [1.807, 2.05) is 6.92 Å². The van der Waals surface area contributed by atoms with Gasteiger partial charge in [0.1, 0.15) is 0 Å². The summed E-state index contributed by atoms with van der Waals surface area (Å²) in [5.74, 6) is 0.702. The number of hydrogen-bond acceptors (Lipinski definition) is 3. The van der Waals surface area contributed by atoms with Gasteiger partial charge in [0.25, 0.3) is 0 Å². The number of aliphatic imine (C=N–C) groups is 1. The minimum atomic E-state index is -0.0914. The molecule has 2 rings (SSSR count). The lowest BCUT2D eigenvalue weighted by Gasteiger charge is -2.34. The maximum absolute atomic E-state index is 12.0. The number of esters is 1. The zero-order valence-corrected chi connectivity index (χ0v) is 14.3. The molecule has 5 nitrogen and oxygen atoms in total. The van der Waals surface area contributed by atoms with Crippen LogP contribution >= 0.6 is 0 Å². The molecule has 1 aliphatic heterocycles. The highest BCUT2D eigenvalue weighted by Gasteiger charge is 2.28. The summed E-state index contributed by atoms with van der Waals surface area (Å²) < 4.78 is 5.16. The van der Waals surface area contributed by atoms with E-state index in [0.717, 1.165) is 31.9 Å². The number of rotatable bonds is 4. The molecular weight excluding hydrogens is 290 g/mol. The molecule has 1 aliphatic rings. The van der Waals surface area contributed by atoms with Crippen molar-refractivity contribution in [1.29, 1.82) is 0 Å². The fraction of sp³-hybridized carbons (Fsp3) is 0.556. The fourth-order valence-corrected chi connectivity index (χ4v) is 2.96. The van der Waals surface area contributed by atoms with Gasteiger partial charge in [-0.15, -0.1) is 0 Å². The first-order valence-electron chi connectivity index (χ1n) is 8.31. The summed E-state index contributed by atoms with van der Waals surface area (Å²) in [5.41, 5.74) is 2.48. The highest BCUT2D eigenvalue weighted by molar-refractivity contribution is 5.81. The average Bonchev–Trinajstić information content (AvgIpc) is 2.56. The smallest absolute Gasteiger partial charge is 0.310 e. The second kappa shape index (κ2) is 8.56. The molecule has 5 heteroatoms. The van der Waals surface area contributed by atoms with Crippen molar-refractivity contribution in [3.8, 4) is 0 Å². The molecule has 1 N–H and O–H groups in total. The second-order valence-electron chi connectivity index (χ2n) is 5.93. The topological polar surface area (TPSA) is 53.9 Å². The van der Waals surface area contributed by atoms with Crippen LogP contribution in [0.15, 0.2) is 29.3 Å². The molecule has 0 bridgehead atoms. The number of hydrogen-bond donors (Lipinski definition) is 1. The summed E-state index contributed by atoms with van der Waals surface area (Å²) in [6.07, 6.45) is 1.87. The van der Waals surface area contributed by atoms with Gasteiger partial charge < -0.3 is 15.0 Å². The molecule has 0 saturated carbocycles. The highest BCUT2D eigenvalue weighted by atomic mass is 16.5. The SMILES string of the molecule is CCOC(=O)C1CCCN(C(=NC)NCc2cccc(C)c2)C1. The standard InChI is InChI=1S/C18H27N3O2/c1-4-23-17(22)16-9-6-10-21(13-16)18(19-3)20-12-15-8-5-7-14(2)11-15/h5,7-8,11,16H,4,6,9-10,12-13H2,1-3H3,(H,19,20). The van der Waals surface area contributed by atoms with Crippen LogP contribution < -0.4 is 5.32 Å². The summed E-state index contributed by atoms with van der Waals surface area (Å²) in [4.78, 5) is 18.5. The van der Waals surface area contributed by atoms with E-state index in [4.69, 9.17) is 4.74 Å². The Morgan fingerprint density at radius 1 is 1.48 bits per heavy atom. The van der Waals surface area contributed by atoms with E-state index in [-0.39, 0.29) is 11.9 Å². The molecule has 0 radical (unpaired) electrons. The van der Waals surface area contributed by atoms with Crippen LogP contribution in [0.5, 0.6) is 0 Å². The monoisotopic (exact) mass is 317 g/mol. The number of nitrogens with one attached hydrogen (secondary N) is 1. The molecule has 0 aromatic heterocycles. The molecule has 1 aromatic rings. The number of ether oxygens (including phenoxy) is 1. The van der Waals surface area contributed by atoms with Crippen LogP contribution in [0.2, 0.25) is 0 Å². The Labute approximate surface area is 138 Å².